The number of likely N-dealkylation sites (tertiary alicyclic amines) is 1. The predicted octanol–water partition coefficient (Wildman–Crippen LogP) is 0.214. The smallest absolute Gasteiger partial charge is 0.0695 e. The summed E-state index contributed by atoms with van der Waals surface area (Å²) in [7, 11) is 0. The van der Waals surface area contributed by atoms with Crippen LogP contribution in [-0.2, 0) is 0 Å². The van der Waals surface area contributed by atoms with Gasteiger partial charge in [-0.05, 0) is 38.1 Å². The highest BCUT2D eigenvalue weighted by atomic mass is 16.3. The lowest BCUT2D eigenvalue weighted by atomic mass is 10.1. The van der Waals surface area contributed by atoms with Gasteiger partial charge in [0.1, 0.15) is 0 Å². The molecule has 2 aliphatic rings. The maximum absolute atomic E-state index is 9.70. The molecule has 1 heterocycles. The Bertz CT molecular complexity index is 174. The van der Waals surface area contributed by atoms with Crippen molar-refractivity contribution in [2.45, 2.75) is 37.8 Å². The molecule has 3 unspecified atom stereocenters. The summed E-state index contributed by atoms with van der Waals surface area (Å²) < 4.78 is 0. The van der Waals surface area contributed by atoms with Crippen molar-refractivity contribution >= 4 is 0 Å². The van der Waals surface area contributed by atoms with Gasteiger partial charge in [-0.3, -0.25) is 4.90 Å². The summed E-state index contributed by atoms with van der Waals surface area (Å²) in [5, 5.41) is 18.7. The second-order valence-electron chi connectivity index (χ2n) is 4.40. The largest absolute Gasteiger partial charge is 0.396 e. The van der Waals surface area contributed by atoms with Crippen LogP contribution in [0.2, 0.25) is 0 Å². The van der Waals surface area contributed by atoms with E-state index in [1.165, 1.54) is 0 Å². The third-order valence-corrected chi connectivity index (χ3v) is 3.49. The first-order valence-corrected chi connectivity index (χ1v) is 5.34. The van der Waals surface area contributed by atoms with Gasteiger partial charge in [0, 0.05) is 19.2 Å². The molecule has 0 aromatic carbocycles. The van der Waals surface area contributed by atoms with Crippen LogP contribution in [0.1, 0.15) is 25.7 Å². The molecule has 1 aliphatic heterocycles. The summed E-state index contributed by atoms with van der Waals surface area (Å²) in [5.74, 6) is 0.452. The first kappa shape index (κ1) is 9.44. The van der Waals surface area contributed by atoms with Crippen molar-refractivity contribution in [2.24, 2.45) is 5.92 Å². The number of aliphatic hydroxyl groups is 2. The van der Waals surface area contributed by atoms with Crippen LogP contribution in [0.5, 0.6) is 0 Å². The van der Waals surface area contributed by atoms with Gasteiger partial charge in [-0.1, -0.05) is 0 Å². The van der Waals surface area contributed by atoms with Gasteiger partial charge in [-0.25, -0.2) is 0 Å². The molecular formula is C10H19NO2. The number of rotatable bonds is 2. The van der Waals surface area contributed by atoms with E-state index in [0.717, 1.165) is 38.8 Å². The van der Waals surface area contributed by atoms with E-state index in [9.17, 15) is 5.11 Å². The van der Waals surface area contributed by atoms with E-state index in [1.54, 1.807) is 0 Å². The number of hydrogen-bond donors (Lipinski definition) is 2. The minimum absolute atomic E-state index is 0.113. The fraction of sp³-hybridized carbons (Fsp3) is 1.00. The highest BCUT2D eigenvalue weighted by Gasteiger charge is 2.34. The Morgan fingerprint density at radius 3 is 2.62 bits per heavy atom. The molecule has 0 radical (unpaired) electrons. The van der Waals surface area contributed by atoms with Gasteiger partial charge in [0.05, 0.1) is 6.10 Å². The maximum atomic E-state index is 9.70. The number of hydrogen-bond acceptors (Lipinski definition) is 3. The van der Waals surface area contributed by atoms with Gasteiger partial charge >= 0.3 is 0 Å². The summed E-state index contributed by atoms with van der Waals surface area (Å²) in [6, 6.07) is 0.386. The van der Waals surface area contributed by atoms with E-state index in [-0.39, 0.29) is 6.10 Å². The Morgan fingerprint density at radius 2 is 2.08 bits per heavy atom. The second-order valence-corrected chi connectivity index (χ2v) is 4.40. The molecule has 1 aliphatic carbocycles. The molecule has 0 bridgehead atoms. The highest BCUT2D eigenvalue weighted by molar-refractivity contribution is 4.89. The molecule has 3 nitrogen and oxygen atoms in total. The summed E-state index contributed by atoms with van der Waals surface area (Å²) in [4.78, 5) is 2.36. The molecular weight excluding hydrogens is 166 g/mol. The molecule has 2 N–H and O–H groups in total. The van der Waals surface area contributed by atoms with E-state index in [1.807, 2.05) is 0 Å². The quantitative estimate of drug-likeness (QED) is 0.646. The molecule has 0 aromatic heterocycles. The van der Waals surface area contributed by atoms with Crippen molar-refractivity contribution in [3.8, 4) is 0 Å². The van der Waals surface area contributed by atoms with Crippen LogP contribution in [0.15, 0.2) is 0 Å². The van der Waals surface area contributed by atoms with E-state index in [2.05, 4.69) is 4.90 Å². The zero-order chi connectivity index (χ0) is 9.26. The third-order valence-electron chi connectivity index (χ3n) is 3.49. The molecule has 1 saturated carbocycles. The van der Waals surface area contributed by atoms with Crippen LogP contribution in [0.25, 0.3) is 0 Å². The first-order valence-electron chi connectivity index (χ1n) is 5.34. The lowest BCUT2D eigenvalue weighted by Crippen LogP contribution is -2.38. The zero-order valence-electron chi connectivity index (χ0n) is 8.02. The van der Waals surface area contributed by atoms with Crippen LogP contribution in [0.3, 0.4) is 0 Å². The Morgan fingerprint density at radius 1 is 1.23 bits per heavy atom. The molecule has 2 fully saturated rings. The Balaban J connectivity index is 1.88. The molecule has 0 spiro atoms. The summed E-state index contributed by atoms with van der Waals surface area (Å²) in [6.45, 7) is 2.35. The van der Waals surface area contributed by atoms with Crippen molar-refractivity contribution in [2.75, 3.05) is 19.7 Å². The van der Waals surface area contributed by atoms with Crippen molar-refractivity contribution in [3.05, 3.63) is 0 Å². The molecule has 3 atom stereocenters. The normalized spacial score (nSPS) is 41.5. The van der Waals surface area contributed by atoms with E-state index >= 15 is 0 Å². The third kappa shape index (κ3) is 1.87. The van der Waals surface area contributed by atoms with Crippen molar-refractivity contribution < 1.29 is 10.2 Å². The van der Waals surface area contributed by atoms with Crippen LogP contribution >= 0.6 is 0 Å². The van der Waals surface area contributed by atoms with Crippen LogP contribution < -0.4 is 0 Å². The Hall–Kier alpha value is -0.120. The standard InChI is InChI=1S/C10H19NO2/c12-7-8-4-5-11(6-8)9-2-1-3-10(9)13/h8-10,12-13H,1-7H2. The van der Waals surface area contributed by atoms with E-state index in [4.69, 9.17) is 5.11 Å². The lowest BCUT2D eigenvalue weighted by molar-refractivity contribution is 0.0806. The first-order chi connectivity index (χ1) is 6.31. The van der Waals surface area contributed by atoms with Gasteiger partial charge in [0.25, 0.3) is 0 Å². The van der Waals surface area contributed by atoms with Crippen molar-refractivity contribution in [3.63, 3.8) is 0 Å². The molecule has 76 valence electrons. The molecule has 1 saturated heterocycles. The van der Waals surface area contributed by atoms with Gasteiger partial charge in [0.15, 0.2) is 0 Å². The van der Waals surface area contributed by atoms with E-state index in [0.29, 0.717) is 18.6 Å². The van der Waals surface area contributed by atoms with Crippen LogP contribution in [0, 0.1) is 5.92 Å². The van der Waals surface area contributed by atoms with Crippen LogP contribution in [0.4, 0.5) is 0 Å². The number of aliphatic hydroxyl groups excluding tert-OH is 2. The second kappa shape index (κ2) is 3.95. The molecule has 0 aromatic rings. The topological polar surface area (TPSA) is 43.7 Å². The maximum Gasteiger partial charge on any atom is 0.0695 e. The summed E-state index contributed by atoms with van der Waals surface area (Å²) in [5.41, 5.74) is 0. The zero-order valence-corrected chi connectivity index (χ0v) is 8.02. The fourth-order valence-corrected chi connectivity index (χ4v) is 2.66. The molecule has 13 heavy (non-hydrogen) atoms. The monoisotopic (exact) mass is 185 g/mol. The number of nitrogens with zero attached hydrogens (tertiary/aromatic N) is 1. The Kier molecular flexibility index (Phi) is 2.86. The predicted molar refractivity (Wildman–Crippen MR) is 50.4 cm³/mol. The summed E-state index contributed by atoms with van der Waals surface area (Å²) >= 11 is 0. The van der Waals surface area contributed by atoms with Crippen molar-refractivity contribution in [1.82, 2.24) is 4.90 Å². The summed E-state index contributed by atoms with van der Waals surface area (Å²) in [6.07, 6.45) is 4.24. The molecule has 0 amide bonds. The van der Waals surface area contributed by atoms with Gasteiger partial charge < -0.3 is 10.2 Å². The minimum Gasteiger partial charge on any atom is -0.396 e. The SMILES string of the molecule is OCC1CCN(C2CCCC2O)C1. The molecule has 2 rings (SSSR count). The highest BCUT2D eigenvalue weighted by Crippen LogP contribution is 2.28. The Labute approximate surface area is 79.4 Å². The average Bonchev–Trinajstić information content (AvgIpc) is 2.71. The average molecular weight is 185 g/mol. The van der Waals surface area contributed by atoms with E-state index < -0.39 is 0 Å². The van der Waals surface area contributed by atoms with Gasteiger partial charge in [0.2, 0.25) is 0 Å². The minimum atomic E-state index is -0.113. The fourth-order valence-electron chi connectivity index (χ4n) is 2.66. The van der Waals surface area contributed by atoms with Gasteiger partial charge in [-0.2, -0.15) is 0 Å². The lowest BCUT2D eigenvalue weighted by Gasteiger charge is -2.26. The van der Waals surface area contributed by atoms with Crippen molar-refractivity contribution in [1.29, 1.82) is 0 Å². The molecule has 3 heteroatoms. The van der Waals surface area contributed by atoms with Gasteiger partial charge in [-0.15, -0.1) is 0 Å². The van der Waals surface area contributed by atoms with Crippen LogP contribution in [-0.4, -0.2) is 47.0 Å².